The van der Waals surface area contributed by atoms with Crippen molar-refractivity contribution < 1.29 is 9.13 Å². The third-order valence-electron chi connectivity index (χ3n) is 5.46. The third-order valence-corrected chi connectivity index (χ3v) is 5.76. The minimum atomic E-state index is -0.269. The summed E-state index contributed by atoms with van der Waals surface area (Å²) in [6.45, 7) is 8.98. The highest BCUT2D eigenvalue weighted by atomic mass is 35.5. The molecule has 170 valence electrons. The van der Waals surface area contributed by atoms with E-state index in [0.29, 0.717) is 23.9 Å². The molecule has 0 radical (unpaired) electrons. The van der Waals surface area contributed by atoms with Crippen LogP contribution >= 0.6 is 11.6 Å². The van der Waals surface area contributed by atoms with Crippen molar-refractivity contribution in [1.82, 2.24) is 15.0 Å². The van der Waals surface area contributed by atoms with Gasteiger partial charge in [-0.05, 0) is 49.2 Å². The van der Waals surface area contributed by atoms with Gasteiger partial charge >= 0.3 is 0 Å². The third kappa shape index (κ3) is 5.22. The van der Waals surface area contributed by atoms with Crippen molar-refractivity contribution in [3.63, 3.8) is 0 Å². The van der Waals surface area contributed by atoms with Crippen molar-refractivity contribution in [3.8, 4) is 11.4 Å². The van der Waals surface area contributed by atoms with E-state index in [-0.39, 0.29) is 11.7 Å². The molecule has 1 aliphatic heterocycles. The number of benzene rings is 1. The lowest BCUT2D eigenvalue weighted by molar-refractivity contribution is 0.208. The van der Waals surface area contributed by atoms with Gasteiger partial charge in [-0.25, -0.2) is 14.4 Å². The Morgan fingerprint density at radius 2 is 1.85 bits per heavy atom. The normalized spacial score (nSPS) is 14.0. The molecule has 4 rings (SSSR count). The first kappa shape index (κ1) is 22.9. The average Bonchev–Trinajstić information content (AvgIpc) is 2.81. The Bertz CT molecular complexity index is 1220. The number of nitrogens with zero attached hydrogens (tertiary/aromatic N) is 4. The molecular formula is C26H26ClFN4O. The fourth-order valence-corrected chi connectivity index (χ4v) is 3.79. The number of aromatic nitrogens is 3. The van der Waals surface area contributed by atoms with E-state index in [1.165, 1.54) is 12.1 Å². The van der Waals surface area contributed by atoms with E-state index in [0.717, 1.165) is 39.7 Å². The van der Waals surface area contributed by atoms with Crippen LogP contribution in [0, 0.1) is 12.7 Å². The number of hydrogen-bond donors (Lipinski definition) is 0. The molecule has 2 aromatic heterocycles. The topological polar surface area (TPSA) is 51.1 Å². The molecule has 1 aliphatic rings. The van der Waals surface area contributed by atoms with Gasteiger partial charge in [0.25, 0.3) is 0 Å². The van der Waals surface area contributed by atoms with Crippen LogP contribution in [0.1, 0.15) is 43.6 Å². The fraction of sp³-hybridized carbons (Fsp3) is 0.269. The summed E-state index contributed by atoms with van der Waals surface area (Å²) in [6.07, 6.45) is 5.55. The maximum absolute atomic E-state index is 13.1. The van der Waals surface area contributed by atoms with Gasteiger partial charge in [-0.1, -0.05) is 37.6 Å². The molecule has 3 aromatic rings. The zero-order chi connectivity index (χ0) is 23.5. The van der Waals surface area contributed by atoms with Gasteiger partial charge in [-0.2, -0.15) is 0 Å². The Morgan fingerprint density at radius 3 is 2.58 bits per heavy atom. The summed E-state index contributed by atoms with van der Waals surface area (Å²) < 4.78 is 19.1. The van der Waals surface area contributed by atoms with Gasteiger partial charge in [0.1, 0.15) is 24.0 Å². The molecule has 0 spiro atoms. The van der Waals surface area contributed by atoms with Gasteiger partial charge < -0.3 is 9.64 Å². The Hall–Kier alpha value is -3.25. The lowest BCUT2D eigenvalue weighted by atomic mass is 10.1. The van der Waals surface area contributed by atoms with Gasteiger partial charge in [0.05, 0.1) is 23.0 Å². The number of aryl methyl sites for hydroxylation is 1. The van der Waals surface area contributed by atoms with E-state index in [2.05, 4.69) is 33.7 Å². The van der Waals surface area contributed by atoms with Crippen molar-refractivity contribution in [2.75, 3.05) is 11.4 Å². The lowest BCUT2D eigenvalue weighted by Gasteiger charge is -2.31. The molecule has 0 fully saturated rings. The van der Waals surface area contributed by atoms with Crippen molar-refractivity contribution >= 4 is 17.3 Å². The molecule has 5 nitrogen and oxygen atoms in total. The van der Waals surface area contributed by atoms with E-state index in [9.17, 15) is 4.39 Å². The number of anilines is 1. The van der Waals surface area contributed by atoms with Crippen LogP contribution in [0.4, 0.5) is 10.1 Å². The largest absolute Gasteiger partial charge is 0.488 e. The zero-order valence-electron chi connectivity index (χ0n) is 19.1. The highest BCUT2D eigenvalue weighted by Crippen LogP contribution is 2.33. The van der Waals surface area contributed by atoms with E-state index in [4.69, 9.17) is 16.3 Å². The first-order chi connectivity index (χ1) is 15.8. The summed E-state index contributed by atoms with van der Waals surface area (Å²) >= 11 is 6.62. The van der Waals surface area contributed by atoms with Gasteiger partial charge in [-0.15, -0.1) is 0 Å². The van der Waals surface area contributed by atoms with Crippen LogP contribution in [0.2, 0.25) is 0 Å². The SMILES string of the molecule is CC1=CC(OCc2ccc(F)cc2)=C(Cl)CN1c1cc(-c2ccnc(C(C)C)n2)ncc1C. The fourth-order valence-electron chi connectivity index (χ4n) is 3.56. The maximum Gasteiger partial charge on any atom is 0.137 e. The number of rotatable bonds is 6. The Balaban J connectivity index is 1.56. The van der Waals surface area contributed by atoms with Crippen LogP contribution in [0.5, 0.6) is 0 Å². The number of allylic oxidation sites excluding steroid dienone is 2. The van der Waals surface area contributed by atoms with E-state index >= 15 is 0 Å². The van der Waals surface area contributed by atoms with Crippen molar-refractivity contribution in [3.05, 3.63) is 94.1 Å². The molecule has 0 bridgehead atoms. The van der Waals surface area contributed by atoms with Crippen LogP contribution < -0.4 is 4.90 Å². The van der Waals surface area contributed by atoms with Crippen LogP contribution in [0.15, 0.2) is 71.4 Å². The predicted molar refractivity (Wildman–Crippen MR) is 129 cm³/mol. The standard InChI is InChI=1S/C26H26ClFN4O/c1-16(2)26-29-10-9-22(31-26)23-12-24(17(3)13-30-23)32-14-21(27)25(11-18(32)4)33-15-19-5-7-20(28)8-6-19/h5-13,16H,14-15H2,1-4H3. The number of hydrogen-bond acceptors (Lipinski definition) is 5. The number of pyridine rings is 1. The first-order valence-electron chi connectivity index (χ1n) is 10.8. The second-order valence-corrected chi connectivity index (χ2v) is 8.82. The monoisotopic (exact) mass is 464 g/mol. The molecule has 33 heavy (non-hydrogen) atoms. The Kier molecular flexibility index (Phi) is 6.75. The van der Waals surface area contributed by atoms with E-state index in [1.807, 2.05) is 38.3 Å². The Morgan fingerprint density at radius 1 is 1.09 bits per heavy atom. The molecule has 0 amide bonds. The summed E-state index contributed by atoms with van der Waals surface area (Å²) in [7, 11) is 0. The van der Waals surface area contributed by atoms with Crippen molar-refractivity contribution in [1.29, 1.82) is 0 Å². The van der Waals surface area contributed by atoms with Gasteiger partial charge in [0.2, 0.25) is 0 Å². The summed E-state index contributed by atoms with van der Waals surface area (Å²) in [5.41, 5.74) is 5.49. The molecule has 0 unspecified atom stereocenters. The van der Waals surface area contributed by atoms with Crippen LogP contribution in [0.3, 0.4) is 0 Å². The quantitative estimate of drug-likeness (QED) is 0.416. The maximum atomic E-state index is 13.1. The van der Waals surface area contributed by atoms with E-state index < -0.39 is 0 Å². The minimum Gasteiger partial charge on any atom is -0.488 e. The molecule has 1 aromatic carbocycles. The summed E-state index contributed by atoms with van der Waals surface area (Å²) in [5, 5.41) is 0.601. The molecule has 3 heterocycles. The van der Waals surface area contributed by atoms with Gasteiger partial charge in [0.15, 0.2) is 0 Å². The molecule has 0 aliphatic carbocycles. The molecule has 0 atom stereocenters. The van der Waals surface area contributed by atoms with E-state index in [1.54, 1.807) is 18.3 Å². The van der Waals surface area contributed by atoms with Crippen LogP contribution in [-0.2, 0) is 11.3 Å². The molecule has 0 N–H and O–H groups in total. The van der Waals surface area contributed by atoms with Crippen LogP contribution in [-0.4, -0.2) is 21.5 Å². The number of ether oxygens (including phenoxy) is 1. The van der Waals surface area contributed by atoms with Crippen molar-refractivity contribution in [2.45, 2.75) is 40.2 Å². The van der Waals surface area contributed by atoms with Crippen molar-refractivity contribution in [2.24, 2.45) is 0 Å². The Labute approximate surface area is 198 Å². The van der Waals surface area contributed by atoms with Crippen LogP contribution in [0.25, 0.3) is 11.4 Å². The highest BCUT2D eigenvalue weighted by Gasteiger charge is 2.22. The smallest absolute Gasteiger partial charge is 0.137 e. The lowest BCUT2D eigenvalue weighted by Crippen LogP contribution is -2.27. The summed E-state index contributed by atoms with van der Waals surface area (Å²) in [6, 6.07) is 10.2. The van der Waals surface area contributed by atoms with Gasteiger partial charge in [0, 0.05) is 35.8 Å². The summed E-state index contributed by atoms with van der Waals surface area (Å²) in [5.74, 6) is 1.38. The molecule has 7 heteroatoms. The minimum absolute atomic E-state index is 0.236. The second kappa shape index (κ2) is 9.71. The molecular weight excluding hydrogens is 439 g/mol. The predicted octanol–water partition coefficient (Wildman–Crippen LogP) is 6.50. The zero-order valence-corrected chi connectivity index (χ0v) is 19.9. The number of halogens is 2. The average molecular weight is 465 g/mol. The van der Waals surface area contributed by atoms with Gasteiger partial charge in [-0.3, -0.25) is 4.98 Å². The first-order valence-corrected chi connectivity index (χ1v) is 11.2. The molecule has 0 saturated carbocycles. The summed E-state index contributed by atoms with van der Waals surface area (Å²) in [4.78, 5) is 15.8. The second-order valence-electron chi connectivity index (χ2n) is 8.37. The molecule has 0 saturated heterocycles. The highest BCUT2D eigenvalue weighted by molar-refractivity contribution is 6.30.